The van der Waals surface area contributed by atoms with Crippen LogP contribution in [0.2, 0.25) is 0 Å². The molecular formula is C9H10N2. The third kappa shape index (κ3) is 0.871. The zero-order valence-electron chi connectivity index (χ0n) is 6.41. The van der Waals surface area contributed by atoms with Crippen LogP contribution >= 0.6 is 0 Å². The van der Waals surface area contributed by atoms with E-state index in [2.05, 4.69) is 21.9 Å². The minimum atomic E-state index is 1.17. The van der Waals surface area contributed by atoms with Gasteiger partial charge in [-0.25, -0.2) is 0 Å². The molecule has 56 valence electrons. The van der Waals surface area contributed by atoms with E-state index < -0.39 is 0 Å². The van der Waals surface area contributed by atoms with E-state index in [4.69, 9.17) is 0 Å². The monoisotopic (exact) mass is 146 g/mol. The molecule has 11 heavy (non-hydrogen) atoms. The zero-order chi connectivity index (χ0) is 7.68. The number of pyridine rings is 1. The van der Waals surface area contributed by atoms with Gasteiger partial charge in [-0.15, -0.1) is 0 Å². The van der Waals surface area contributed by atoms with Gasteiger partial charge in [0.1, 0.15) is 0 Å². The van der Waals surface area contributed by atoms with Gasteiger partial charge >= 0.3 is 0 Å². The van der Waals surface area contributed by atoms with E-state index in [9.17, 15) is 0 Å². The highest BCUT2D eigenvalue weighted by Crippen LogP contribution is 2.16. The van der Waals surface area contributed by atoms with Crippen LogP contribution in [-0.2, 0) is 0 Å². The van der Waals surface area contributed by atoms with Crippen LogP contribution in [0.3, 0.4) is 0 Å². The van der Waals surface area contributed by atoms with E-state index >= 15 is 0 Å². The Morgan fingerprint density at radius 1 is 1.18 bits per heavy atom. The molecule has 0 saturated heterocycles. The van der Waals surface area contributed by atoms with E-state index in [1.807, 2.05) is 31.6 Å². The zero-order valence-corrected chi connectivity index (χ0v) is 6.41. The first-order valence-corrected chi connectivity index (χ1v) is 3.65. The summed E-state index contributed by atoms with van der Waals surface area (Å²) in [5.41, 5.74) is 2.39. The van der Waals surface area contributed by atoms with Gasteiger partial charge in [0, 0.05) is 19.4 Å². The minimum absolute atomic E-state index is 1.17. The average molecular weight is 146 g/mol. The maximum atomic E-state index is 3.13. The Bertz CT molecular complexity index is 362. The highest BCUT2D eigenvalue weighted by atomic mass is 14.9. The Morgan fingerprint density at radius 3 is 2.91 bits per heavy atom. The first-order chi connectivity index (χ1) is 5.42. The molecule has 0 bridgehead atoms. The van der Waals surface area contributed by atoms with Crippen molar-refractivity contribution in [3.63, 3.8) is 0 Å². The number of aromatic nitrogens is 1. The minimum Gasteiger partial charge on any atom is -0.386 e. The highest BCUT2D eigenvalue weighted by Gasteiger charge is 1.96. The summed E-state index contributed by atoms with van der Waals surface area (Å²) in [4.78, 5) is 0. The Hall–Kier alpha value is -1.44. The third-order valence-corrected chi connectivity index (χ3v) is 1.84. The molecule has 2 nitrogen and oxygen atoms in total. The maximum Gasteiger partial charge on any atom is 0.0683 e. The first kappa shape index (κ1) is 6.28. The molecule has 0 aromatic carbocycles. The second kappa shape index (κ2) is 2.31. The molecule has 0 saturated carbocycles. The van der Waals surface area contributed by atoms with Crippen LogP contribution in [0.15, 0.2) is 36.7 Å². The van der Waals surface area contributed by atoms with Gasteiger partial charge in [0.05, 0.1) is 11.2 Å². The van der Waals surface area contributed by atoms with Crippen molar-refractivity contribution in [1.29, 1.82) is 0 Å². The second-order valence-corrected chi connectivity index (χ2v) is 2.47. The fourth-order valence-electron chi connectivity index (χ4n) is 1.27. The summed E-state index contributed by atoms with van der Waals surface area (Å²) in [5, 5.41) is 3.13. The van der Waals surface area contributed by atoms with Crippen LogP contribution in [0.5, 0.6) is 0 Å². The van der Waals surface area contributed by atoms with Crippen LogP contribution in [-0.4, -0.2) is 11.4 Å². The number of rotatable bonds is 1. The van der Waals surface area contributed by atoms with Crippen LogP contribution in [0, 0.1) is 0 Å². The van der Waals surface area contributed by atoms with Crippen molar-refractivity contribution in [1.82, 2.24) is 4.40 Å². The molecule has 2 heteroatoms. The van der Waals surface area contributed by atoms with Crippen molar-refractivity contribution in [2.24, 2.45) is 0 Å². The summed E-state index contributed by atoms with van der Waals surface area (Å²) in [7, 11) is 1.93. The van der Waals surface area contributed by atoms with E-state index in [0.29, 0.717) is 0 Å². The van der Waals surface area contributed by atoms with E-state index in [0.717, 1.165) is 0 Å². The lowest BCUT2D eigenvalue weighted by Gasteiger charge is -1.96. The molecule has 0 amide bonds. The largest absolute Gasteiger partial charge is 0.386 e. The van der Waals surface area contributed by atoms with Crippen LogP contribution < -0.4 is 5.32 Å². The van der Waals surface area contributed by atoms with Gasteiger partial charge in [-0.2, -0.15) is 0 Å². The number of hydrogen-bond donors (Lipinski definition) is 1. The summed E-state index contributed by atoms with van der Waals surface area (Å²) < 4.78 is 2.09. The maximum absolute atomic E-state index is 3.13. The first-order valence-electron chi connectivity index (χ1n) is 3.65. The van der Waals surface area contributed by atoms with Crippen molar-refractivity contribution in [3.05, 3.63) is 36.7 Å². The van der Waals surface area contributed by atoms with Crippen LogP contribution in [0.1, 0.15) is 0 Å². The molecule has 0 fully saturated rings. The number of hydrogen-bond acceptors (Lipinski definition) is 1. The lowest BCUT2D eigenvalue weighted by atomic mass is 10.4. The quantitative estimate of drug-likeness (QED) is 0.650. The normalized spacial score (nSPS) is 10.3. The lowest BCUT2D eigenvalue weighted by molar-refractivity contribution is 1.20. The Kier molecular flexibility index (Phi) is 1.32. The molecular weight excluding hydrogens is 136 g/mol. The third-order valence-electron chi connectivity index (χ3n) is 1.84. The molecule has 2 rings (SSSR count). The molecule has 2 aromatic heterocycles. The topological polar surface area (TPSA) is 16.4 Å². The number of anilines is 1. The SMILES string of the molecule is CNc1ccn2ccccc12. The van der Waals surface area contributed by atoms with Gasteiger partial charge in [-0.05, 0) is 18.2 Å². The standard InChI is InChI=1S/C9H10N2/c1-10-8-5-7-11-6-3-2-4-9(8)11/h2-7,10H,1H3. The fraction of sp³-hybridized carbons (Fsp3) is 0.111. The van der Waals surface area contributed by atoms with Crippen molar-refractivity contribution in [3.8, 4) is 0 Å². The van der Waals surface area contributed by atoms with Gasteiger partial charge in [0.2, 0.25) is 0 Å². The van der Waals surface area contributed by atoms with Crippen molar-refractivity contribution < 1.29 is 0 Å². The van der Waals surface area contributed by atoms with Crippen LogP contribution in [0.4, 0.5) is 5.69 Å². The highest BCUT2D eigenvalue weighted by molar-refractivity contribution is 5.72. The lowest BCUT2D eigenvalue weighted by Crippen LogP contribution is -1.86. The van der Waals surface area contributed by atoms with E-state index in [1.165, 1.54) is 11.2 Å². The molecule has 0 unspecified atom stereocenters. The van der Waals surface area contributed by atoms with Crippen molar-refractivity contribution in [2.45, 2.75) is 0 Å². The molecule has 2 heterocycles. The van der Waals surface area contributed by atoms with Gasteiger partial charge in [0.15, 0.2) is 0 Å². The Balaban J connectivity index is 2.76. The van der Waals surface area contributed by atoms with Crippen molar-refractivity contribution in [2.75, 3.05) is 12.4 Å². The molecule has 0 aliphatic rings. The molecule has 0 atom stereocenters. The van der Waals surface area contributed by atoms with Gasteiger partial charge in [-0.3, -0.25) is 0 Å². The molecule has 0 spiro atoms. The van der Waals surface area contributed by atoms with Crippen LogP contribution in [0.25, 0.3) is 5.52 Å². The predicted octanol–water partition coefficient (Wildman–Crippen LogP) is 1.98. The summed E-state index contributed by atoms with van der Waals surface area (Å²) >= 11 is 0. The fourth-order valence-corrected chi connectivity index (χ4v) is 1.27. The van der Waals surface area contributed by atoms with Gasteiger partial charge in [-0.1, -0.05) is 6.07 Å². The predicted molar refractivity (Wildman–Crippen MR) is 46.9 cm³/mol. The van der Waals surface area contributed by atoms with E-state index in [1.54, 1.807) is 0 Å². The van der Waals surface area contributed by atoms with Gasteiger partial charge < -0.3 is 9.72 Å². The summed E-state index contributed by atoms with van der Waals surface area (Å²) in [6.45, 7) is 0. The number of nitrogens with one attached hydrogen (secondary N) is 1. The van der Waals surface area contributed by atoms with Gasteiger partial charge in [0.25, 0.3) is 0 Å². The summed E-state index contributed by atoms with van der Waals surface area (Å²) in [6, 6.07) is 8.21. The molecule has 2 aromatic rings. The van der Waals surface area contributed by atoms with Crippen molar-refractivity contribution >= 4 is 11.2 Å². The molecule has 0 aliphatic carbocycles. The Labute approximate surface area is 65.5 Å². The second-order valence-electron chi connectivity index (χ2n) is 2.47. The summed E-state index contributed by atoms with van der Waals surface area (Å²) in [5.74, 6) is 0. The number of fused-ring (bicyclic) bond motifs is 1. The Morgan fingerprint density at radius 2 is 2.09 bits per heavy atom. The average Bonchev–Trinajstić information content (AvgIpc) is 2.47. The molecule has 0 radical (unpaired) electrons. The molecule has 0 aliphatic heterocycles. The van der Waals surface area contributed by atoms with E-state index in [-0.39, 0.29) is 0 Å². The number of nitrogens with zero attached hydrogens (tertiary/aromatic N) is 1. The summed E-state index contributed by atoms with van der Waals surface area (Å²) in [6.07, 6.45) is 4.08. The molecule has 1 N–H and O–H groups in total. The smallest absolute Gasteiger partial charge is 0.0683 e.